The summed E-state index contributed by atoms with van der Waals surface area (Å²) in [5, 5.41) is 14.4. The molecule has 9 heterocycles. The maximum Gasteiger partial charge on any atom is 0.446 e. The summed E-state index contributed by atoms with van der Waals surface area (Å²) < 4.78 is 88.6. The first-order valence-corrected chi connectivity index (χ1v) is 34.4. The molecule has 18 nitrogen and oxygen atoms in total. The van der Waals surface area contributed by atoms with Gasteiger partial charge in [0.05, 0.1) is 78.8 Å². The number of hydrogen-bond acceptors (Lipinski definition) is 11. The maximum absolute atomic E-state index is 15.5. The van der Waals surface area contributed by atoms with Crippen molar-refractivity contribution in [3.05, 3.63) is 127 Å². The van der Waals surface area contributed by atoms with E-state index in [1.807, 2.05) is 81.4 Å². The number of amides is 3. The molecule has 99 heavy (non-hydrogen) atoms. The number of imidazole rings is 3. The van der Waals surface area contributed by atoms with Crippen LogP contribution < -0.4 is 16.4 Å². The Morgan fingerprint density at radius 1 is 0.596 bits per heavy atom. The summed E-state index contributed by atoms with van der Waals surface area (Å²) in [5.74, 6) is -0.713. The second-order valence-electron chi connectivity index (χ2n) is 29.0. The number of hydrogen-bond donors (Lipinski definition) is 4. The number of aldehydes is 1. The summed E-state index contributed by atoms with van der Waals surface area (Å²) in [6.07, 6.45) is 11.8. The number of likely N-dealkylation sites (tertiary alicyclic amines) is 2. The molecule has 24 heteroatoms. The molecular formula is C75H103F6N11O7. The fraction of sp³-hybridized carbons (Fsp3) is 0.573. The number of carboxylic acid groups (broad SMARTS) is 1. The molecule has 0 saturated carbocycles. The third kappa shape index (κ3) is 20.0. The van der Waals surface area contributed by atoms with Crippen LogP contribution in [0, 0.1) is 23.7 Å². The first-order valence-electron chi connectivity index (χ1n) is 34.4. The summed E-state index contributed by atoms with van der Waals surface area (Å²) in [6.45, 7) is 22.2. The molecule has 6 aromatic rings. The van der Waals surface area contributed by atoms with Gasteiger partial charge in [0.1, 0.15) is 28.6 Å². The molecule has 3 amide bonds. The second kappa shape index (κ2) is 33.5. The number of nitrogens with two attached hydrogens (primary N) is 1. The average Bonchev–Trinajstić information content (AvgIpc) is 1.63. The van der Waals surface area contributed by atoms with Gasteiger partial charge in [-0.2, -0.15) is 13.2 Å². The van der Waals surface area contributed by atoms with Gasteiger partial charge in [-0.25, -0.2) is 37.7 Å². The van der Waals surface area contributed by atoms with Crippen LogP contribution in [0.5, 0.6) is 0 Å². The minimum Gasteiger partial charge on any atom is -0.480 e. The molecule has 3 aromatic heterocycles. The van der Waals surface area contributed by atoms with Gasteiger partial charge in [0.25, 0.3) is 0 Å². The number of halogens is 6. The predicted octanol–water partition coefficient (Wildman–Crippen LogP) is 14.7. The molecule has 6 aliphatic heterocycles. The molecule has 542 valence electrons. The molecular weight excluding hydrogens is 1280 g/mol. The number of aliphatic carboxylic acids is 1. The van der Waals surface area contributed by atoms with Crippen LogP contribution in [-0.2, 0) is 23.9 Å². The zero-order valence-corrected chi connectivity index (χ0v) is 58.2. The van der Waals surface area contributed by atoms with Crippen LogP contribution in [0.2, 0.25) is 0 Å². The minimum atomic E-state index is -4.64. The van der Waals surface area contributed by atoms with E-state index < -0.39 is 59.2 Å². The molecule has 6 aliphatic rings. The van der Waals surface area contributed by atoms with E-state index in [4.69, 9.17) is 20.4 Å². The van der Waals surface area contributed by atoms with Gasteiger partial charge < -0.3 is 49.7 Å². The Morgan fingerprint density at radius 2 is 0.939 bits per heavy atom. The molecule has 0 spiro atoms. The number of nitrogens with zero attached hydrogens (tertiary/aromatic N) is 8. The number of alkyl halides is 6. The normalized spacial score (nSPS) is 19.7. The lowest BCUT2D eigenvalue weighted by molar-refractivity contribution is -0.156. The monoisotopic (exact) mass is 1380 g/mol. The van der Waals surface area contributed by atoms with Gasteiger partial charge in [0, 0.05) is 48.8 Å². The van der Waals surface area contributed by atoms with Crippen molar-refractivity contribution in [3.8, 4) is 33.8 Å². The number of piperidine rings is 3. The molecule has 4 unspecified atom stereocenters. The van der Waals surface area contributed by atoms with Crippen molar-refractivity contribution in [2.45, 2.75) is 213 Å². The maximum atomic E-state index is 15.5. The Hall–Kier alpha value is -7.86. The van der Waals surface area contributed by atoms with Gasteiger partial charge >= 0.3 is 18.2 Å². The Kier molecular flexibility index (Phi) is 26.6. The van der Waals surface area contributed by atoms with Crippen LogP contribution in [0.4, 0.5) is 31.1 Å². The van der Waals surface area contributed by atoms with E-state index in [1.165, 1.54) is 33.4 Å². The van der Waals surface area contributed by atoms with Crippen LogP contribution in [0.25, 0.3) is 33.8 Å². The summed E-state index contributed by atoms with van der Waals surface area (Å²) in [5.41, 5.74) is 12.8. The summed E-state index contributed by atoms with van der Waals surface area (Å²) in [7, 11) is 0. The molecule has 3 aromatic carbocycles. The van der Waals surface area contributed by atoms with Gasteiger partial charge in [0.15, 0.2) is 0 Å². The Labute approximate surface area is 579 Å². The summed E-state index contributed by atoms with van der Waals surface area (Å²) in [6, 6.07) is 24.2. The smallest absolute Gasteiger partial charge is 0.446 e. The summed E-state index contributed by atoms with van der Waals surface area (Å²) in [4.78, 5) is 72.2. The molecule has 0 radical (unpaired) electrons. The van der Waals surface area contributed by atoms with E-state index in [-0.39, 0.29) is 55.1 Å². The fourth-order valence-electron chi connectivity index (χ4n) is 13.8. The lowest BCUT2D eigenvalue weighted by Crippen LogP contribution is -2.51. The number of ether oxygens (including phenoxy) is 1. The van der Waals surface area contributed by atoms with Gasteiger partial charge in [-0.15, -0.1) is 0 Å². The Balaban J connectivity index is 0.000000184. The zero-order chi connectivity index (χ0) is 71.5. The average molecular weight is 1380 g/mol. The van der Waals surface area contributed by atoms with Crippen LogP contribution in [0.3, 0.4) is 0 Å². The van der Waals surface area contributed by atoms with E-state index in [1.54, 1.807) is 39.5 Å². The third-order valence-electron chi connectivity index (χ3n) is 20.0. The van der Waals surface area contributed by atoms with E-state index in [0.717, 1.165) is 49.4 Å². The lowest BCUT2D eigenvalue weighted by Gasteiger charge is -2.38. The molecule has 5 N–H and O–H groups in total. The summed E-state index contributed by atoms with van der Waals surface area (Å²) >= 11 is 0. The first kappa shape index (κ1) is 78.5. The van der Waals surface area contributed by atoms with Crippen LogP contribution in [0.15, 0.2) is 110 Å². The number of carbonyl (C=O) groups is 5. The largest absolute Gasteiger partial charge is 0.480 e. The number of benzene rings is 3. The second-order valence-corrected chi connectivity index (χ2v) is 29.0. The molecule has 3 saturated heterocycles. The zero-order valence-electron chi connectivity index (χ0n) is 58.2. The molecule has 0 aliphatic carbocycles. The van der Waals surface area contributed by atoms with Crippen molar-refractivity contribution < 1.29 is 60.2 Å². The highest BCUT2D eigenvalue weighted by Crippen LogP contribution is 2.47. The molecule has 6 atom stereocenters. The third-order valence-corrected chi connectivity index (χ3v) is 20.0. The van der Waals surface area contributed by atoms with Gasteiger partial charge in [-0.05, 0) is 145 Å². The Morgan fingerprint density at radius 3 is 1.25 bits per heavy atom. The number of alkyl carbamates (subject to hydrolysis) is 1. The Bertz CT molecular complexity index is 3490. The van der Waals surface area contributed by atoms with Gasteiger partial charge in [0.2, 0.25) is 18.1 Å². The van der Waals surface area contributed by atoms with Crippen molar-refractivity contribution in [1.29, 1.82) is 0 Å². The topological polar surface area (TPSA) is 225 Å². The first-order chi connectivity index (χ1) is 46.2. The van der Waals surface area contributed by atoms with Crippen molar-refractivity contribution >= 4 is 30.2 Å². The highest BCUT2D eigenvalue weighted by molar-refractivity contribution is 5.82. The van der Waals surface area contributed by atoms with Crippen LogP contribution >= 0.6 is 0 Å². The van der Waals surface area contributed by atoms with Crippen molar-refractivity contribution in [2.75, 3.05) is 39.3 Å². The molecule has 0 bridgehead atoms. The van der Waals surface area contributed by atoms with Crippen LogP contribution in [-0.4, -0.2) is 154 Å². The highest BCUT2D eigenvalue weighted by Gasteiger charge is 2.42. The van der Waals surface area contributed by atoms with Gasteiger partial charge in [-0.1, -0.05) is 129 Å². The lowest BCUT2D eigenvalue weighted by atomic mass is 9.85. The molecule has 12 rings (SSSR count). The SMILES string of the molecule is C.CC(C)C(NC(=O)OC(C)(C)C)C(=O)O.CC(C)[C@H](C)C(=O)N1CCC(F)(CCC2c3ccccc3-c3cncn32)CC1.CC(C)[C@H](N)C(=O)N1CCC(F)(CCC2c3ccccc3-c3cncn32)CC1.FC1(CCC2c3ccccc3-c3cncn32)CCNCC1.O=CC(F)(F)F. The van der Waals surface area contributed by atoms with Crippen molar-refractivity contribution in [1.82, 2.24) is 49.1 Å². The standard InChI is InChI=1S/C23H30FN3O.C22H29FN4O.C17H20FN3.C10H19NO4.C2HF3O.CH4/c1-16(2)17(3)22(28)26-12-10-23(24,11-13-26)9-8-20-18-6-4-5-7-19(18)21-14-25-15-27(20)21;1-15(2)20(24)21(28)26-11-9-22(23,10-12-26)8-7-18-16-5-3-4-6-17(16)19-13-25-14-27(18)19;18-17(7-9-19-10-8-17)6-5-15-13-3-1-2-4-14(13)16-11-20-12-21(15)16;1-6(2)7(8(12)13)11-9(14)15-10(3,4)5;3-2(4,5)1-6;/h4-7,14-17,20H,8-13H2,1-3H3;3-6,13-15,18,20H,7-12,24H2,1-2H3;1-4,11-12,15,19H,5-10H2;6-7H,1-5H3,(H,11,14)(H,12,13);1H;1H4/t17-,20?;18?,20-;;;;/m00..../s1. The quantitative estimate of drug-likeness (QED) is 0.0525. The van der Waals surface area contributed by atoms with E-state index in [2.05, 4.69) is 108 Å². The number of aromatic nitrogens is 6. The number of rotatable bonds is 16. The molecule has 3 fully saturated rings. The van der Waals surface area contributed by atoms with E-state index >= 15 is 8.78 Å². The van der Waals surface area contributed by atoms with Crippen molar-refractivity contribution in [2.24, 2.45) is 29.4 Å². The number of nitrogens with one attached hydrogen (secondary N) is 2. The van der Waals surface area contributed by atoms with E-state index in [9.17, 15) is 36.7 Å². The minimum absolute atomic E-state index is 0. The van der Waals surface area contributed by atoms with E-state index in [0.29, 0.717) is 89.9 Å². The predicted molar refractivity (Wildman–Crippen MR) is 372 cm³/mol. The van der Waals surface area contributed by atoms with Crippen molar-refractivity contribution in [3.63, 3.8) is 0 Å². The fourth-order valence-corrected chi connectivity index (χ4v) is 13.8. The number of carbonyl (C=O) groups excluding carboxylic acids is 4. The highest BCUT2D eigenvalue weighted by atomic mass is 19.4. The number of fused-ring (bicyclic) bond motifs is 9. The number of carboxylic acids is 1. The van der Waals surface area contributed by atoms with Crippen LogP contribution in [0.1, 0.15) is 189 Å². The van der Waals surface area contributed by atoms with Gasteiger partial charge in [-0.3, -0.25) is 14.4 Å².